The number of nitrogens with zero attached hydrogens (tertiary/aromatic N) is 1. The summed E-state index contributed by atoms with van der Waals surface area (Å²) in [5, 5.41) is 14.8. The number of hydrogen-bond acceptors (Lipinski definition) is 3. The van der Waals surface area contributed by atoms with Gasteiger partial charge in [-0.15, -0.1) is 0 Å². The standard InChI is InChI=1S/C5H7N5O/c6-5(7)9-3-1-2-8-10-4(3)11/h1-2H,(H,10,11)(H4,6,7,8,9). The van der Waals surface area contributed by atoms with Gasteiger partial charge in [0.1, 0.15) is 5.69 Å². The zero-order valence-corrected chi connectivity index (χ0v) is 5.59. The molecule has 1 rings (SSSR count). The van der Waals surface area contributed by atoms with Crippen LogP contribution in [0.5, 0.6) is 0 Å². The Morgan fingerprint density at radius 3 is 3.09 bits per heavy atom. The molecular formula is C5H7N5O. The van der Waals surface area contributed by atoms with E-state index in [0.29, 0.717) is 0 Å². The maximum absolute atomic E-state index is 10.8. The maximum atomic E-state index is 10.8. The molecule has 1 heterocycles. The summed E-state index contributed by atoms with van der Waals surface area (Å²) >= 11 is 0. The third kappa shape index (κ3) is 1.78. The number of hydrogen-bond donors (Lipinski definition) is 4. The molecular weight excluding hydrogens is 146 g/mol. The van der Waals surface area contributed by atoms with Crippen molar-refractivity contribution in [3.63, 3.8) is 0 Å². The van der Waals surface area contributed by atoms with Crippen molar-refractivity contribution < 1.29 is 0 Å². The van der Waals surface area contributed by atoms with Crippen LogP contribution in [0.15, 0.2) is 17.1 Å². The van der Waals surface area contributed by atoms with Crippen LogP contribution < -0.4 is 16.6 Å². The predicted molar refractivity (Wildman–Crippen MR) is 40.4 cm³/mol. The first-order chi connectivity index (χ1) is 5.20. The largest absolute Gasteiger partial charge is 0.370 e. The summed E-state index contributed by atoms with van der Waals surface area (Å²) < 4.78 is 0. The van der Waals surface area contributed by atoms with Gasteiger partial charge < -0.3 is 11.1 Å². The lowest BCUT2D eigenvalue weighted by Crippen LogP contribution is -2.25. The molecule has 0 spiro atoms. The molecule has 0 radical (unpaired) electrons. The van der Waals surface area contributed by atoms with Crippen molar-refractivity contribution >= 4 is 11.6 Å². The molecule has 0 bridgehead atoms. The Labute approximate surface area is 61.9 Å². The van der Waals surface area contributed by atoms with Crippen molar-refractivity contribution in [3.05, 3.63) is 22.6 Å². The van der Waals surface area contributed by atoms with Gasteiger partial charge >= 0.3 is 0 Å². The average molecular weight is 153 g/mol. The highest BCUT2D eigenvalue weighted by Gasteiger charge is 1.96. The fraction of sp³-hybridized carbons (Fsp3) is 0. The van der Waals surface area contributed by atoms with E-state index in [1.165, 1.54) is 12.3 Å². The molecule has 6 heteroatoms. The maximum Gasteiger partial charge on any atom is 0.287 e. The van der Waals surface area contributed by atoms with Crippen molar-refractivity contribution in [2.75, 3.05) is 5.32 Å². The number of aromatic nitrogens is 2. The lowest BCUT2D eigenvalue weighted by molar-refractivity contribution is 0.991. The lowest BCUT2D eigenvalue weighted by atomic mass is 10.5. The number of guanidine groups is 1. The molecule has 58 valence electrons. The molecule has 0 saturated heterocycles. The monoisotopic (exact) mass is 153 g/mol. The Morgan fingerprint density at radius 1 is 1.82 bits per heavy atom. The van der Waals surface area contributed by atoms with E-state index in [2.05, 4.69) is 15.5 Å². The van der Waals surface area contributed by atoms with Gasteiger partial charge in [0.05, 0.1) is 0 Å². The smallest absolute Gasteiger partial charge is 0.287 e. The summed E-state index contributed by atoms with van der Waals surface area (Å²) in [5.74, 6) is -0.276. The van der Waals surface area contributed by atoms with Gasteiger partial charge in [-0.1, -0.05) is 0 Å². The summed E-state index contributed by atoms with van der Waals surface area (Å²) in [4.78, 5) is 10.8. The molecule has 1 aromatic rings. The summed E-state index contributed by atoms with van der Waals surface area (Å²) in [5.41, 5.74) is 4.81. The zero-order valence-electron chi connectivity index (χ0n) is 5.59. The quantitative estimate of drug-likeness (QED) is 0.309. The van der Waals surface area contributed by atoms with E-state index < -0.39 is 5.56 Å². The van der Waals surface area contributed by atoms with Crippen LogP contribution in [0.3, 0.4) is 0 Å². The second-order valence-electron chi connectivity index (χ2n) is 1.84. The molecule has 0 saturated carbocycles. The van der Waals surface area contributed by atoms with Crippen molar-refractivity contribution in [1.82, 2.24) is 10.2 Å². The van der Waals surface area contributed by atoms with E-state index in [1.807, 2.05) is 0 Å². The van der Waals surface area contributed by atoms with Gasteiger partial charge in [0.25, 0.3) is 5.56 Å². The SMILES string of the molecule is N=C(N)Nc1ccn[nH]c1=O. The molecule has 6 nitrogen and oxygen atoms in total. The van der Waals surface area contributed by atoms with E-state index in [0.717, 1.165) is 0 Å². The average Bonchev–Trinajstić information content (AvgIpc) is 1.93. The summed E-state index contributed by atoms with van der Waals surface area (Å²) in [7, 11) is 0. The number of nitrogens with one attached hydrogen (secondary N) is 3. The van der Waals surface area contributed by atoms with Crippen LogP contribution in [0.25, 0.3) is 0 Å². The van der Waals surface area contributed by atoms with Crippen LogP contribution >= 0.6 is 0 Å². The van der Waals surface area contributed by atoms with Gasteiger partial charge in [-0.2, -0.15) is 5.10 Å². The van der Waals surface area contributed by atoms with E-state index in [1.54, 1.807) is 0 Å². The minimum atomic E-state index is -0.400. The Balaban J connectivity index is 2.95. The molecule has 0 aromatic carbocycles. The van der Waals surface area contributed by atoms with E-state index in [-0.39, 0.29) is 11.6 Å². The number of aromatic amines is 1. The molecule has 0 aliphatic rings. The Bertz CT molecular complexity index is 317. The van der Waals surface area contributed by atoms with E-state index in [9.17, 15) is 4.79 Å². The number of rotatable bonds is 1. The van der Waals surface area contributed by atoms with Crippen molar-refractivity contribution in [3.8, 4) is 0 Å². The van der Waals surface area contributed by atoms with Crippen LogP contribution in [0, 0.1) is 5.41 Å². The number of nitrogens with two attached hydrogens (primary N) is 1. The van der Waals surface area contributed by atoms with Crippen LogP contribution in [0.1, 0.15) is 0 Å². The third-order valence-corrected chi connectivity index (χ3v) is 0.996. The second-order valence-corrected chi connectivity index (χ2v) is 1.84. The van der Waals surface area contributed by atoms with Gasteiger partial charge in [0.2, 0.25) is 0 Å². The highest BCUT2D eigenvalue weighted by Crippen LogP contribution is 1.91. The molecule has 0 aliphatic carbocycles. The van der Waals surface area contributed by atoms with Crippen LogP contribution in [0.4, 0.5) is 5.69 Å². The van der Waals surface area contributed by atoms with E-state index in [4.69, 9.17) is 11.1 Å². The zero-order chi connectivity index (χ0) is 8.27. The Hall–Kier alpha value is -1.85. The summed E-state index contributed by atoms with van der Waals surface area (Å²) in [6.45, 7) is 0. The highest BCUT2D eigenvalue weighted by atomic mass is 16.1. The van der Waals surface area contributed by atoms with Gasteiger partial charge in [-0.25, -0.2) is 5.10 Å². The minimum Gasteiger partial charge on any atom is -0.370 e. The highest BCUT2D eigenvalue weighted by molar-refractivity contribution is 5.89. The van der Waals surface area contributed by atoms with Gasteiger partial charge in [-0.05, 0) is 6.07 Å². The van der Waals surface area contributed by atoms with Gasteiger partial charge in [0.15, 0.2) is 5.96 Å². The van der Waals surface area contributed by atoms with Crippen molar-refractivity contribution in [1.29, 1.82) is 5.41 Å². The second kappa shape index (κ2) is 2.82. The van der Waals surface area contributed by atoms with Crippen LogP contribution in [-0.2, 0) is 0 Å². The molecule has 0 aliphatic heterocycles. The van der Waals surface area contributed by atoms with Crippen molar-refractivity contribution in [2.45, 2.75) is 0 Å². The van der Waals surface area contributed by atoms with E-state index >= 15 is 0 Å². The first kappa shape index (κ1) is 7.26. The molecule has 0 atom stereocenters. The molecule has 11 heavy (non-hydrogen) atoms. The lowest BCUT2D eigenvalue weighted by Gasteiger charge is -1.99. The number of H-pyrrole nitrogens is 1. The minimum absolute atomic E-state index is 0.215. The van der Waals surface area contributed by atoms with Crippen LogP contribution in [0.2, 0.25) is 0 Å². The Morgan fingerprint density at radius 2 is 2.55 bits per heavy atom. The number of anilines is 1. The van der Waals surface area contributed by atoms with Crippen LogP contribution in [-0.4, -0.2) is 16.2 Å². The Kier molecular flexibility index (Phi) is 1.86. The first-order valence-electron chi connectivity index (χ1n) is 2.85. The fourth-order valence-electron chi connectivity index (χ4n) is 0.587. The normalized spacial score (nSPS) is 9.09. The first-order valence-corrected chi connectivity index (χ1v) is 2.85. The molecule has 5 N–H and O–H groups in total. The molecule has 1 aromatic heterocycles. The third-order valence-electron chi connectivity index (χ3n) is 0.996. The summed E-state index contributed by atoms with van der Waals surface area (Å²) in [6.07, 6.45) is 1.40. The fourth-order valence-corrected chi connectivity index (χ4v) is 0.587. The predicted octanol–water partition coefficient (Wildman–Crippen LogP) is -0.925. The topological polar surface area (TPSA) is 108 Å². The molecule has 0 fully saturated rings. The van der Waals surface area contributed by atoms with Crippen molar-refractivity contribution in [2.24, 2.45) is 5.73 Å². The van der Waals surface area contributed by atoms with Gasteiger partial charge in [0, 0.05) is 6.20 Å². The van der Waals surface area contributed by atoms with Gasteiger partial charge in [-0.3, -0.25) is 10.2 Å². The molecule has 0 unspecified atom stereocenters. The molecule has 0 amide bonds. The summed E-state index contributed by atoms with van der Waals surface area (Å²) in [6, 6.07) is 1.43.